The lowest BCUT2D eigenvalue weighted by Gasteiger charge is -2.36. The Hall–Kier alpha value is -1.97. The van der Waals surface area contributed by atoms with Gasteiger partial charge in [0.15, 0.2) is 0 Å². The third kappa shape index (κ3) is 4.31. The van der Waals surface area contributed by atoms with Crippen LogP contribution in [0, 0.1) is 0 Å². The number of nitrogens with zero attached hydrogens (tertiary/aromatic N) is 5. The maximum atomic E-state index is 12.4. The zero-order chi connectivity index (χ0) is 21.3. The number of aromatic nitrogens is 2. The minimum absolute atomic E-state index is 0.111. The van der Waals surface area contributed by atoms with Crippen molar-refractivity contribution in [1.29, 1.82) is 0 Å². The minimum atomic E-state index is -3.49. The first-order valence-corrected chi connectivity index (χ1v) is 11.5. The Labute approximate surface area is 173 Å². The summed E-state index contributed by atoms with van der Waals surface area (Å²) in [6.45, 7) is 7.00. The number of sulfonamides is 1. The van der Waals surface area contributed by atoms with Crippen molar-refractivity contribution in [2.45, 2.75) is 50.7 Å². The van der Waals surface area contributed by atoms with E-state index in [1.165, 1.54) is 18.4 Å². The lowest BCUT2D eigenvalue weighted by atomic mass is 10.0. The predicted octanol–water partition coefficient (Wildman–Crippen LogP) is 1.75. The summed E-state index contributed by atoms with van der Waals surface area (Å²) >= 11 is 0. The van der Waals surface area contributed by atoms with Gasteiger partial charge in [-0.05, 0) is 38.0 Å². The molecule has 8 nitrogen and oxygen atoms in total. The molecule has 1 aromatic heterocycles. The minimum Gasteiger partial charge on any atom is -0.343 e. The van der Waals surface area contributed by atoms with Crippen molar-refractivity contribution in [3.8, 4) is 0 Å². The molecule has 1 aliphatic heterocycles. The highest BCUT2D eigenvalue weighted by molar-refractivity contribution is 7.89. The van der Waals surface area contributed by atoms with E-state index in [9.17, 15) is 13.2 Å². The molecule has 2 heterocycles. The summed E-state index contributed by atoms with van der Waals surface area (Å²) in [5.74, 6) is 1.06. The molecule has 3 rings (SSSR count). The lowest BCUT2D eigenvalue weighted by molar-refractivity contribution is -0.130. The van der Waals surface area contributed by atoms with Crippen molar-refractivity contribution in [1.82, 2.24) is 23.7 Å². The van der Waals surface area contributed by atoms with E-state index >= 15 is 0 Å². The van der Waals surface area contributed by atoms with Crippen LogP contribution in [0.15, 0.2) is 23.1 Å². The number of carbonyl (C=O) groups is 1. The lowest BCUT2D eigenvalue weighted by Crippen LogP contribution is -2.44. The van der Waals surface area contributed by atoms with Gasteiger partial charge in [-0.1, -0.05) is 0 Å². The van der Waals surface area contributed by atoms with E-state index in [2.05, 4.69) is 16.4 Å². The molecule has 0 saturated carbocycles. The number of fused-ring (bicyclic) bond motifs is 1. The molecule has 1 saturated heterocycles. The normalized spacial score (nSPS) is 16.6. The summed E-state index contributed by atoms with van der Waals surface area (Å²) in [5, 5.41) is 0. The maximum absolute atomic E-state index is 12.4. The molecule has 0 radical (unpaired) electrons. The van der Waals surface area contributed by atoms with Gasteiger partial charge in [0, 0.05) is 53.7 Å². The van der Waals surface area contributed by atoms with Crippen LogP contribution < -0.4 is 0 Å². The monoisotopic (exact) mass is 421 g/mol. The van der Waals surface area contributed by atoms with Crippen molar-refractivity contribution >= 4 is 27.0 Å². The SMILES string of the molecule is CCn1c(CN2CCC(N(C)C(C)=O)CC2)nc2cc(S(=O)(=O)N(C)C)ccc21. The molecular weight excluding hydrogens is 390 g/mol. The third-order valence-corrected chi connectivity index (χ3v) is 7.67. The van der Waals surface area contributed by atoms with Crippen LogP contribution in [0.4, 0.5) is 0 Å². The van der Waals surface area contributed by atoms with E-state index in [0.717, 1.165) is 50.4 Å². The molecule has 0 spiro atoms. The van der Waals surface area contributed by atoms with Gasteiger partial charge < -0.3 is 9.47 Å². The molecule has 2 aromatic rings. The predicted molar refractivity (Wildman–Crippen MR) is 113 cm³/mol. The second-order valence-electron chi connectivity index (χ2n) is 7.85. The Bertz CT molecular complexity index is 991. The van der Waals surface area contributed by atoms with Crippen LogP contribution in [0.5, 0.6) is 0 Å². The fourth-order valence-corrected chi connectivity index (χ4v) is 4.85. The number of hydrogen-bond donors (Lipinski definition) is 0. The average molecular weight is 422 g/mol. The highest BCUT2D eigenvalue weighted by Crippen LogP contribution is 2.24. The first-order chi connectivity index (χ1) is 13.6. The molecule has 0 unspecified atom stereocenters. The number of imidazole rings is 1. The summed E-state index contributed by atoms with van der Waals surface area (Å²) in [7, 11) is 1.45. The standard InChI is InChI=1S/C20H31N5O3S/c1-6-25-19-8-7-17(29(27,28)22(3)4)13-18(19)21-20(25)14-24-11-9-16(10-12-24)23(5)15(2)26/h7-8,13,16H,6,9-12,14H2,1-5H3. The number of likely N-dealkylation sites (tertiary alicyclic amines) is 1. The summed E-state index contributed by atoms with van der Waals surface area (Å²) < 4.78 is 28.2. The zero-order valence-corrected chi connectivity index (χ0v) is 18.7. The molecule has 1 aliphatic rings. The molecule has 160 valence electrons. The third-order valence-electron chi connectivity index (χ3n) is 5.86. The second-order valence-corrected chi connectivity index (χ2v) is 10.00. The summed E-state index contributed by atoms with van der Waals surface area (Å²) in [4.78, 5) is 20.8. The van der Waals surface area contributed by atoms with E-state index in [1.54, 1.807) is 19.1 Å². The van der Waals surface area contributed by atoms with E-state index in [0.29, 0.717) is 11.6 Å². The molecule has 0 atom stereocenters. The van der Waals surface area contributed by atoms with Gasteiger partial charge in [0.2, 0.25) is 15.9 Å². The van der Waals surface area contributed by atoms with Gasteiger partial charge >= 0.3 is 0 Å². The van der Waals surface area contributed by atoms with Crippen molar-refractivity contribution in [3.63, 3.8) is 0 Å². The van der Waals surface area contributed by atoms with Crippen LogP contribution >= 0.6 is 0 Å². The molecule has 1 fully saturated rings. The molecule has 0 bridgehead atoms. The molecule has 1 amide bonds. The zero-order valence-electron chi connectivity index (χ0n) is 17.9. The fraction of sp³-hybridized carbons (Fsp3) is 0.600. The Kier molecular flexibility index (Phi) is 6.30. The highest BCUT2D eigenvalue weighted by atomic mass is 32.2. The van der Waals surface area contributed by atoms with E-state index in [1.807, 2.05) is 18.0 Å². The van der Waals surface area contributed by atoms with Crippen LogP contribution in [0.3, 0.4) is 0 Å². The number of carbonyl (C=O) groups excluding carboxylic acids is 1. The van der Waals surface area contributed by atoms with Crippen LogP contribution in [-0.4, -0.2) is 78.3 Å². The second kappa shape index (κ2) is 8.41. The Morgan fingerprint density at radius 2 is 1.86 bits per heavy atom. The summed E-state index contributed by atoms with van der Waals surface area (Å²) in [6.07, 6.45) is 1.90. The number of benzene rings is 1. The molecule has 0 N–H and O–H groups in total. The van der Waals surface area contributed by atoms with Gasteiger partial charge in [-0.15, -0.1) is 0 Å². The maximum Gasteiger partial charge on any atom is 0.242 e. The first-order valence-electron chi connectivity index (χ1n) is 10.0. The van der Waals surface area contributed by atoms with Crippen molar-refractivity contribution in [2.24, 2.45) is 0 Å². The first kappa shape index (κ1) is 21.7. The topological polar surface area (TPSA) is 78.8 Å². The number of amides is 1. The van der Waals surface area contributed by atoms with Gasteiger partial charge in [-0.2, -0.15) is 0 Å². The molecule has 9 heteroatoms. The summed E-state index contributed by atoms with van der Waals surface area (Å²) in [5.41, 5.74) is 1.65. The fourth-order valence-electron chi connectivity index (χ4n) is 3.93. The summed E-state index contributed by atoms with van der Waals surface area (Å²) in [6, 6.07) is 5.46. The Morgan fingerprint density at radius 1 is 1.21 bits per heavy atom. The quantitative estimate of drug-likeness (QED) is 0.710. The number of hydrogen-bond acceptors (Lipinski definition) is 5. The largest absolute Gasteiger partial charge is 0.343 e. The number of aryl methyl sites for hydroxylation is 1. The van der Waals surface area contributed by atoms with E-state index < -0.39 is 10.0 Å². The Morgan fingerprint density at radius 3 is 2.41 bits per heavy atom. The van der Waals surface area contributed by atoms with Gasteiger partial charge in [0.25, 0.3) is 0 Å². The molecule has 29 heavy (non-hydrogen) atoms. The van der Waals surface area contributed by atoms with Gasteiger partial charge in [0.1, 0.15) is 5.82 Å². The Balaban J connectivity index is 1.81. The molecule has 0 aliphatic carbocycles. The van der Waals surface area contributed by atoms with Gasteiger partial charge in [0.05, 0.1) is 22.5 Å². The molecule has 1 aromatic carbocycles. The van der Waals surface area contributed by atoms with Gasteiger partial charge in [-0.25, -0.2) is 17.7 Å². The highest BCUT2D eigenvalue weighted by Gasteiger charge is 2.25. The van der Waals surface area contributed by atoms with Crippen LogP contribution in [0.2, 0.25) is 0 Å². The van der Waals surface area contributed by atoms with E-state index in [-0.39, 0.29) is 10.8 Å². The van der Waals surface area contributed by atoms with Crippen LogP contribution in [-0.2, 0) is 27.9 Å². The average Bonchev–Trinajstić information content (AvgIpc) is 3.03. The molecular formula is C20H31N5O3S. The van der Waals surface area contributed by atoms with E-state index in [4.69, 9.17) is 4.98 Å². The smallest absolute Gasteiger partial charge is 0.242 e. The van der Waals surface area contributed by atoms with Crippen molar-refractivity contribution < 1.29 is 13.2 Å². The van der Waals surface area contributed by atoms with Crippen molar-refractivity contribution in [3.05, 3.63) is 24.0 Å². The number of piperidine rings is 1. The van der Waals surface area contributed by atoms with Crippen LogP contribution in [0.1, 0.15) is 32.5 Å². The van der Waals surface area contributed by atoms with Crippen LogP contribution in [0.25, 0.3) is 11.0 Å². The van der Waals surface area contributed by atoms with Crippen molar-refractivity contribution in [2.75, 3.05) is 34.2 Å². The van der Waals surface area contributed by atoms with Gasteiger partial charge in [-0.3, -0.25) is 9.69 Å². The number of rotatable bonds is 6.